The minimum Gasteiger partial charge on any atom is -0.493 e. The van der Waals surface area contributed by atoms with Crippen molar-refractivity contribution in [2.75, 3.05) is 26.7 Å². The second-order valence-electron chi connectivity index (χ2n) is 8.06. The number of nitrogens with zero attached hydrogens (tertiary/aromatic N) is 2. The molecule has 4 rings (SSSR count). The predicted molar refractivity (Wildman–Crippen MR) is 129 cm³/mol. The van der Waals surface area contributed by atoms with E-state index >= 15 is 0 Å². The van der Waals surface area contributed by atoms with Crippen LogP contribution in [0.3, 0.4) is 0 Å². The van der Waals surface area contributed by atoms with E-state index in [1.54, 1.807) is 41.3 Å². The summed E-state index contributed by atoms with van der Waals surface area (Å²) in [6.07, 6.45) is 3.46. The van der Waals surface area contributed by atoms with Gasteiger partial charge in [0.05, 0.1) is 17.6 Å². The van der Waals surface area contributed by atoms with Crippen LogP contribution in [0.25, 0.3) is 6.08 Å². The number of thioether (sulfide) groups is 1. The molecule has 2 aromatic carbocycles. The highest BCUT2D eigenvalue weighted by molar-refractivity contribution is 8.18. The molecule has 9 nitrogen and oxygen atoms in total. The van der Waals surface area contributed by atoms with Gasteiger partial charge in [0, 0.05) is 13.1 Å². The Morgan fingerprint density at radius 1 is 1.06 bits per heavy atom. The van der Waals surface area contributed by atoms with Crippen molar-refractivity contribution < 1.29 is 33.8 Å². The van der Waals surface area contributed by atoms with E-state index in [0.717, 1.165) is 35.1 Å². The standard InChI is InChI=1S/C25H24N2O7S/c1-33-20-12-17(6-9-19(20)34-15-16-4-7-18(8-5-16)24(30)31)13-21-23(29)27(25(32)35-21)14-22(28)26-10-2-3-11-26/h4-9,12-13H,2-3,10-11,14-15H2,1H3,(H,30,31)/b21-13+. The van der Waals surface area contributed by atoms with Crippen LogP contribution in [0.15, 0.2) is 47.4 Å². The van der Waals surface area contributed by atoms with Crippen LogP contribution >= 0.6 is 11.8 Å². The van der Waals surface area contributed by atoms with Crippen LogP contribution in [0.1, 0.15) is 34.3 Å². The zero-order valence-electron chi connectivity index (χ0n) is 19.1. The summed E-state index contributed by atoms with van der Waals surface area (Å²) in [5, 5.41) is 8.53. The smallest absolute Gasteiger partial charge is 0.335 e. The maximum Gasteiger partial charge on any atom is 0.335 e. The van der Waals surface area contributed by atoms with Crippen molar-refractivity contribution in [3.63, 3.8) is 0 Å². The van der Waals surface area contributed by atoms with Crippen molar-refractivity contribution >= 4 is 40.9 Å². The molecular weight excluding hydrogens is 472 g/mol. The molecule has 2 aliphatic rings. The summed E-state index contributed by atoms with van der Waals surface area (Å²) in [5.74, 6) is -0.796. The lowest BCUT2D eigenvalue weighted by Gasteiger charge is -2.18. The van der Waals surface area contributed by atoms with Crippen molar-refractivity contribution in [3.05, 3.63) is 64.1 Å². The van der Waals surface area contributed by atoms with Gasteiger partial charge in [-0.25, -0.2) is 4.79 Å². The number of hydrogen-bond acceptors (Lipinski definition) is 7. The van der Waals surface area contributed by atoms with Crippen LogP contribution in [0.4, 0.5) is 4.79 Å². The first-order valence-corrected chi connectivity index (χ1v) is 11.8. The highest BCUT2D eigenvalue weighted by Crippen LogP contribution is 2.35. The molecule has 0 spiro atoms. The number of carboxylic acids is 1. The van der Waals surface area contributed by atoms with Crippen molar-refractivity contribution in [2.45, 2.75) is 19.4 Å². The third-order valence-corrected chi connectivity index (χ3v) is 6.61. The third kappa shape index (κ3) is 5.65. The second-order valence-corrected chi connectivity index (χ2v) is 9.05. The van der Waals surface area contributed by atoms with Crippen molar-refractivity contribution in [2.24, 2.45) is 0 Å². The normalized spacial score (nSPS) is 16.8. The third-order valence-electron chi connectivity index (χ3n) is 5.71. The molecule has 0 atom stereocenters. The Balaban J connectivity index is 1.43. The van der Waals surface area contributed by atoms with Crippen LogP contribution < -0.4 is 9.47 Å². The number of benzene rings is 2. The van der Waals surface area contributed by atoms with Gasteiger partial charge in [0.25, 0.3) is 11.1 Å². The molecule has 2 aromatic rings. The summed E-state index contributed by atoms with van der Waals surface area (Å²) >= 11 is 0.803. The van der Waals surface area contributed by atoms with Gasteiger partial charge in [-0.15, -0.1) is 0 Å². The molecule has 3 amide bonds. The van der Waals surface area contributed by atoms with E-state index in [9.17, 15) is 19.2 Å². The van der Waals surface area contributed by atoms with E-state index in [1.807, 2.05) is 0 Å². The number of methoxy groups -OCH3 is 1. The summed E-state index contributed by atoms with van der Waals surface area (Å²) in [4.78, 5) is 51.4. The molecule has 35 heavy (non-hydrogen) atoms. The first kappa shape index (κ1) is 24.3. The van der Waals surface area contributed by atoms with Crippen LogP contribution in [0.5, 0.6) is 11.5 Å². The first-order valence-electron chi connectivity index (χ1n) is 11.0. The summed E-state index contributed by atoms with van der Waals surface area (Å²) < 4.78 is 11.2. The average molecular weight is 497 g/mol. The lowest BCUT2D eigenvalue weighted by atomic mass is 10.1. The maximum atomic E-state index is 12.8. The minimum atomic E-state index is -0.995. The zero-order chi connectivity index (χ0) is 24.9. The molecule has 2 fully saturated rings. The Morgan fingerprint density at radius 3 is 2.43 bits per heavy atom. The fraction of sp³-hybridized carbons (Fsp3) is 0.280. The number of carboxylic acid groups (broad SMARTS) is 1. The number of aromatic carboxylic acids is 1. The zero-order valence-corrected chi connectivity index (χ0v) is 19.9. The Labute approximate surface area is 206 Å². The van der Waals surface area contributed by atoms with Gasteiger partial charge in [0.1, 0.15) is 13.2 Å². The molecule has 2 saturated heterocycles. The van der Waals surface area contributed by atoms with E-state index in [2.05, 4.69) is 0 Å². The van der Waals surface area contributed by atoms with Gasteiger partial charge < -0.3 is 19.5 Å². The minimum absolute atomic E-state index is 0.195. The van der Waals surface area contributed by atoms with Crippen molar-refractivity contribution in [1.82, 2.24) is 9.80 Å². The number of carbonyl (C=O) groups excluding carboxylic acids is 3. The number of likely N-dealkylation sites (tertiary alicyclic amines) is 1. The van der Waals surface area contributed by atoms with Gasteiger partial charge >= 0.3 is 5.97 Å². The maximum absolute atomic E-state index is 12.8. The first-order chi connectivity index (χ1) is 16.9. The van der Waals surface area contributed by atoms with E-state index < -0.39 is 17.1 Å². The SMILES string of the molecule is COc1cc(/C=C2/SC(=O)N(CC(=O)N3CCCC3)C2=O)ccc1OCc1ccc(C(=O)O)cc1. The monoisotopic (exact) mass is 496 g/mol. The highest BCUT2D eigenvalue weighted by Gasteiger charge is 2.37. The Hall–Kier alpha value is -3.79. The number of rotatable bonds is 8. The number of hydrogen-bond donors (Lipinski definition) is 1. The molecule has 0 aromatic heterocycles. The van der Waals surface area contributed by atoms with Crippen LogP contribution in [-0.2, 0) is 16.2 Å². The molecule has 1 N–H and O–H groups in total. The molecule has 2 aliphatic heterocycles. The number of ether oxygens (including phenoxy) is 2. The fourth-order valence-electron chi connectivity index (χ4n) is 3.79. The van der Waals surface area contributed by atoms with Crippen LogP contribution in [0.2, 0.25) is 0 Å². The van der Waals surface area contributed by atoms with E-state index in [4.69, 9.17) is 14.6 Å². The predicted octanol–water partition coefficient (Wildman–Crippen LogP) is 3.63. The van der Waals surface area contributed by atoms with Crippen molar-refractivity contribution in [1.29, 1.82) is 0 Å². The molecular formula is C25H24N2O7S. The van der Waals surface area contributed by atoms with Crippen LogP contribution in [-0.4, -0.2) is 64.7 Å². The fourth-order valence-corrected chi connectivity index (χ4v) is 4.63. The number of amides is 3. The van der Waals surface area contributed by atoms with Gasteiger partial charge in [-0.1, -0.05) is 18.2 Å². The van der Waals surface area contributed by atoms with Gasteiger partial charge in [-0.2, -0.15) is 0 Å². The van der Waals surface area contributed by atoms with Gasteiger partial charge in [0.2, 0.25) is 5.91 Å². The molecule has 2 heterocycles. The van der Waals surface area contributed by atoms with Gasteiger partial charge in [-0.3, -0.25) is 19.3 Å². The summed E-state index contributed by atoms with van der Waals surface area (Å²) in [6.45, 7) is 1.28. The molecule has 0 aliphatic carbocycles. The summed E-state index contributed by atoms with van der Waals surface area (Å²) in [7, 11) is 1.49. The van der Waals surface area contributed by atoms with E-state index in [0.29, 0.717) is 30.2 Å². The largest absolute Gasteiger partial charge is 0.493 e. The van der Waals surface area contributed by atoms with Gasteiger partial charge in [-0.05, 0) is 66.1 Å². The Kier molecular flexibility index (Phi) is 7.40. The average Bonchev–Trinajstić information content (AvgIpc) is 3.48. The van der Waals surface area contributed by atoms with Gasteiger partial charge in [0.15, 0.2) is 11.5 Å². The van der Waals surface area contributed by atoms with E-state index in [1.165, 1.54) is 19.2 Å². The molecule has 10 heteroatoms. The van der Waals surface area contributed by atoms with E-state index in [-0.39, 0.29) is 29.5 Å². The lowest BCUT2D eigenvalue weighted by Crippen LogP contribution is -2.40. The molecule has 0 unspecified atom stereocenters. The topological polar surface area (TPSA) is 113 Å². The number of carbonyl (C=O) groups is 4. The lowest BCUT2D eigenvalue weighted by molar-refractivity contribution is -0.135. The molecule has 0 bridgehead atoms. The second kappa shape index (κ2) is 10.6. The highest BCUT2D eigenvalue weighted by atomic mass is 32.2. The quantitative estimate of drug-likeness (QED) is 0.551. The van der Waals surface area contributed by atoms with Crippen molar-refractivity contribution in [3.8, 4) is 11.5 Å². The Morgan fingerprint density at radius 2 is 1.77 bits per heavy atom. The summed E-state index contributed by atoms with van der Waals surface area (Å²) in [6, 6.07) is 11.5. The summed E-state index contributed by atoms with van der Waals surface area (Å²) in [5.41, 5.74) is 1.62. The molecule has 0 saturated carbocycles. The van der Waals surface area contributed by atoms with Crippen LogP contribution in [0, 0.1) is 0 Å². The molecule has 182 valence electrons. The molecule has 0 radical (unpaired) electrons. The number of imide groups is 1. The Bertz CT molecular complexity index is 1190.